The maximum atomic E-state index is 12.7. The van der Waals surface area contributed by atoms with Gasteiger partial charge in [-0.25, -0.2) is 4.79 Å². The molecule has 1 aromatic carbocycles. The van der Waals surface area contributed by atoms with Crippen LogP contribution in [0.2, 0.25) is 0 Å². The van der Waals surface area contributed by atoms with Crippen LogP contribution >= 0.6 is 0 Å². The number of fused-ring (bicyclic) bond motifs is 2. The zero-order chi connectivity index (χ0) is 15.2. The Labute approximate surface area is 130 Å². The maximum absolute atomic E-state index is 12.7. The number of rotatable bonds is 1. The van der Waals surface area contributed by atoms with E-state index in [2.05, 4.69) is 0 Å². The molecule has 0 bridgehead atoms. The van der Waals surface area contributed by atoms with Crippen LogP contribution in [-0.2, 0) is 15.1 Å². The van der Waals surface area contributed by atoms with Crippen LogP contribution in [0.1, 0.15) is 54.4 Å². The topological polar surface area (TPSA) is 46.6 Å². The third kappa shape index (κ3) is 2.04. The Morgan fingerprint density at radius 2 is 1.95 bits per heavy atom. The van der Waals surface area contributed by atoms with Crippen molar-refractivity contribution in [2.75, 3.05) is 13.1 Å². The first-order valence-electron chi connectivity index (χ1n) is 8.31. The van der Waals surface area contributed by atoms with Crippen molar-refractivity contribution < 1.29 is 14.3 Å². The molecule has 1 unspecified atom stereocenters. The first-order valence-corrected chi connectivity index (χ1v) is 8.31. The zero-order valence-corrected chi connectivity index (χ0v) is 12.7. The first-order chi connectivity index (χ1) is 10.7. The molecule has 1 saturated heterocycles. The van der Waals surface area contributed by atoms with Gasteiger partial charge in [-0.3, -0.25) is 4.79 Å². The highest BCUT2D eigenvalue weighted by Gasteiger charge is 2.49. The predicted molar refractivity (Wildman–Crippen MR) is 81.3 cm³/mol. The van der Waals surface area contributed by atoms with Gasteiger partial charge in [0.2, 0.25) is 5.91 Å². The van der Waals surface area contributed by atoms with E-state index in [1.165, 1.54) is 0 Å². The van der Waals surface area contributed by atoms with E-state index >= 15 is 0 Å². The molecule has 2 heterocycles. The van der Waals surface area contributed by atoms with Gasteiger partial charge < -0.3 is 9.64 Å². The lowest BCUT2D eigenvalue weighted by atomic mass is 9.84. The van der Waals surface area contributed by atoms with Crippen LogP contribution in [0.3, 0.4) is 0 Å². The molecule has 1 spiro atoms. The van der Waals surface area contributed by atoms with Gasteiger partial charge in [-0.2, -0.15) is 0 Å². The Hall–Kier alpha value is -1.84. The van der Waals surface area contributed by atoms with Crippen LogP contribution < -0.4 is 0 Å². The summed E-state index contributed by atoms with van der Waals surface area (Å²) in [6, 6.07) is 7.61. The first kappa shape index (κ1) is 13.8. The average Bonchev–Trinajstić information content (AvgIpc) is 3.16. The third-order valence-corrected chi connectivity index (χ3v) is 5.40. The van der Waals surface area contributed by atoms with E-state index in [1.807, 2.05) is 29.2 Å². The molecule has 1 aliphatic carbocycles. The molecule has 0 aromatic heterocycles. The Morgan fingerprint density at radius 3 is 2.77 bits per heavy atom. The van der Waals surface area contributed by atoms with Crippen LogP contribution in [-0.4, -0.2) is 29.9 Å². The monoisotopic (exact) mass is 299 g/mol. The minimum Gasteiger partial charge on any atom is -0.449 e. The maximum Gasteiger partial charge on any atom is 0.339 e. The second-order valence-electron chi connectivity index (χ2n) is 6.77. The number of hydrogen-bond donors (Lipinski definition) is 0. The fourth-order valence-corrected chi connectivity index (χ4v) is 4.29. The molecule has 1 amide bonds. The van der Waals surface area contributed by atoms with E-state index in [1.54, 1.807) is 0 Å². The van der Waals surface area contributed by atoms with Crippen molar-refractivity contribution in [3.8, 4) is 0 Å². The predicted octanol–water partition coefficient (Wildman–Crippen LogP) is 2.86. The number of hydrogen-bond acceptors (Lipinski definition) is 3. The van der Waals surface area contributed by atoms with Gasteiger partial charge in [0.25, 0.3) is 0 Å². The van der Waals surface area contributed by atoms with E-state index in [0.29, 0.717) is 12.1 Å². The number of carbonyl (C=O) groups is 2. The minimum absolute atomic E-state index is 0.183. The summed E-state index contributed by atoms with van der Waals surface area (Å²) in [5.74, 6) is 0.199. The molecule has 1 saturated carbocycles. The van der Waals surface area contributed by atoms with Gasteiger partial charge in [0.15, 0.2) is 5.60 Å². The highest BCUT2D eigenvalue weighted by atomic mass is 16.6. The third-order valence-electron chi connectivity index (χ3n) is 5.40. The Kier molecular flexibility index (Phi) is 3.21. The molecular formula is C18H21NO3. The van der Waals surface area contributed by atoms with E-state index in [4.69, 9.17) is 4.74 Å². The fourth-order valence-electron chi connectivity index (χ4n) is 4.29. The number of likely N-dealkylation sites (tertiary alicyclic amines) is 1. The summed E-state index contributed by atoms with van der Waals surface area (Å²) in [4.78, 5) is 26.8. The van der Waals surface area contributed by atoms with Crippen LogP contribution in [0, 0.1) is 5.92 Å². The van der Waals surface area contributed by atoms with Crippen molar-refractivity contribution in [1.82, 2.24) is 4.90 Å². The molecule has 0 N–H and O–H groups in total. The Bertz CT molecular complexity index is 621. The second-order valence-corrected chi connectivity index (χ2v) is 6.77. The van der Waals surface area contributed by atoms with Crippen LogP contribution in [0.4, 0.5) is 0 Å². The fraction of sp³-hybridized carbons (Fsp3) is 0.556. The summed E-state index contributed by atoms with van der Waals surface area (Å²) < 4.78 is 5.77. The second kappa shape index (κ2) is 5.11. The molecule has 116 valence electrons. The number of ether oxygens (including phenoxy) is 1. The lowest BCUT2D eigenvalue weighted by Gasteiger charge is -2.40. The summed E-state index contributed by atoms with van der Waals surface area (Å²) in [6.07, 6.45) is 6.04. The van der Waals surface area contributed by atoms with Crippen LogP contribution in [0.25, 0.3) is 0 Å². The van der Waals surface area contributed by atoms with Gasteiger partial charge in [0, 0.05) is 18.0 Å². The zero-order valence-electron chi connectivity index (χ0n) is 12.7. The van der Waals surface area contributed by atoms with E-state index in [-0.39, 0.29) is 17.8 Å². The summed E-state index contributed by atoms with van der Waals surface area (Å²) in [6.45, 7) is 1.31. The van der Waals surface area contributed by atoms with Crippen molar-refractivity contribution in [3.63, 3.8) is 0 Å². The number of amides is 1. The smallest absolute Gasteiger partial charge is 0.339 e. The standard InChI is InChI=1S/C18H21NO3/c20-16(13-6-1-2-7-13)19-11-5-10-18(12-19)15-9-4-3-8-14(15)17(21)22-18/h3-4,8-9,13H,1-2,5-7,10-12H2. The number of esters is 1. The average molecular weight is 299 g/mol. The molecule has 22 heavy (non-hydrogen) atoms. The van der Waals surface area contributed by atoms with Gasteiger partial charge in [0.1, 0.15) is 0 Å². The van der Waals surface area contributed by atoms with Crippen molar-refractivity contribution in [1.29, 1.82) is 0 Å². The number of benzene rings is 1. The summed E-state index contributed by atoms with van der Waals surface area (Å²) in [5.41, 5.74) is 1.02. The van der Waals surface area contributed by atoms with Gasteiger partial charge >= 0.3 is 5.97 Å². The van der Waals surface area contributed by atoms with Gasteiger partial charge in [0.05, 0.1) is 12.1 Å². The quantitative estimate of drug-likeness (QED) is 0.749. The lowest BCUT2D eigenvalue weighted by molar-refractivity contribution is -0.142. The SMILES string of the molecule is O=C1OC2(CCCN(C(=O)C3CCCC3)C2)c2ccccc21. The van der Waals surface area contributed by atoms with E-state index < -0.39 is 5.60 Å². The van der Waals surface area contributed by atoms with Gasteiger partial charge in [-0.15, -0.1) is 0 Å². The molecule has 3 aliphatic rings. The normalized spacial score (nSPS) is 28.0. The van der Waals surface area contributed by atoms with Crippen molar-refractivity contribution in [2.24, 2.45) is 5.92 Å². The van der Waals surface area contributed by atoms with E-state index in [9.17, 15) is 9.59 Å². The molecular weight excluding hydrogens is 278 g/mol. The molecule has 4 nitrogen and oxygen atoms in total. The Balaban J connectivity index is 1.61. The summed E-state index contributed by atoms with van der Waals surface area (Å²) in [5, 5.41) is 0. The number of nitrogens with zero attached hydrogens (tertiary/aromatic N) is 1. The molecule has 1 atom stereocenters. The number of carbonyl (C=O) groups excluding carboxylic acids is 2. The molecule has 0 radical (unpaired) electrons. The summed E-state index contributed by atoms with van der Waals surface area (Å²) >= 11 is 0. The molecule has 1 aromatic rings. The minimum atomic E-state index is -0.611. The van der Waals surface area contributed by atoms with Crippen molar-refractivity contribution >= 4 is 11.9 Å². The van der Waals surface area contributed by atoms with Gasteiger partial charge in [-0.1, -0.05) is 31.0 Å². The van der Waals surface area contributed by atoms with Crippen molar-refractivity contribution in [3.05, 3.63) is 35.4 Å². The molecule has 2 fully saturated rings. The van der Waals surface area contributed by atoms with Crippen molar-refractivity contribution in [2.45, 2.75) is 44.1 Å². The molecule has 4 heteroatoms. The van der Waals surface area contributed by atoms with Crippen LogP contribution in [0.15, 0.2) is 24.3 Å². The summed E-state index contributed by atoms with van der Waals surface area (Å²) in [7, 11) is 0. The lowest BCUT2D eigenvalue weighted by Crippen LogP contribution is -2.50. The number of piperidine rings is 1. The largest absolute Gasteiger partial charge is 0.449 e. The highest BCUT2D eigenvalue weighted by Crippen LogP contribution is 2.43. The Morgan fingerprint density at radius 1 is 1.18 bits per heavy atom. The molecule has 2 aliphatic heterocycles. The van der Waals surface area contributed by atoms with Gasteiger partial charge in [-0.05, 0) is 31.7 Å². The van der Waals surface area contributed by atoms with E-state index in [0.717, 1.165) is 50.6 Å². The highest BCUT2D eigenvalue weighted by molar-refractivity contribution is 5.95. The molecule has 4 rings (SSSR count). The van der Waals surface area contributed by atoms with Crippen LogP contribution in [0.5, 0.6) is 0 Å².